The summed E-state index contributed by atoms with van der Waals surface area (Å²) in [5.74, 6) is -0.429. The van der Waals surface area contributed by atoms with Crippen LogP contribution in [0.3, 0.4) is 0 Å². The SMILES string of the molecule is CCOC(=O)c1c(C(F)(F)F)nc2c(OCC3CCCCC3)cccn12. The number of alkyl halides is 3. The fourth-order valence-electron chi connectivity index (χ4n) is 3.31. The minimum atomic E-state index is -4.77. The Labute approximate surface area is 149 Å². The van der Waals surface area contributed by atoms with Gasteiger partial charge in [0.05, 0.1) is 13.2 Å². The smallest absolute Gasteiger partial charge is 0.435 e. The van der Waals surface area contributed by atoms with Crippen LogP contribution in [0.5, 0.6) is 5.75 Å². The Balaban J connectivity index is 1.97. The summed E-state index contributed by atoms with van der Waals surface area (Å²) in [5, 5.41) is 0. The van der Waals surface area contributed by atoms with Crippen LogP contribution in [0.2, 0.25) is 0 Å². The predicted octanol–water partition coefficient (Wildman–Crippen LogP) is 4.49. The van der Waals surface area contributed by atoms with E-state index in [0.29, 0.717) is 12.5 Å². The molecule has 2 aromatic rings. The summed E-state index contributed by atoms with van der Waals surface area (Å²) in [6.45, 7) is 1.94. The van der Waals surface area contributed by atoms with Gasteiger partial charge in [0.25, 0.3) is 0 Å². The third kappa shape index (κ3) is 3.78. The lowest BCUT2D eigenvalue weighted by Crippen LogP contribution is -2.16. The van der Waals surface area contributed by atoms with Gasteiger partial charge in [-0.1, -0.05) is 19.3 Å². The normalized spacial score (nSPS) is 16.0. The zero-order chi connectivity index (χ0) is 18.7. The van der Waals surface area contributed by atoms with E-state index in [4.69, 9.17) is 9.47 Å². The fourth-order valence-corrected chi connectivity index (χ4v) is 3.31. The quantitative estimate of drug-likeness (QED) is 0.728. The Morgan fingerprint density at radius 3 is 2.69 bits per heavy atom. The largest absolute Gasteiger partial charge is 0.489 e. The summed E-state index contributed by atoms with van der Waals surface area (Å²) in [7, 11) is 0. The number of pyridine rings is 1. The van der Waals surface area contributed by atoms with E-state index >= 15 is 0 Å². The number of hydrogen-bond donors (Lipinski definition) is 0. The van der Waals surface area contributed by atoms with Gasteiger partial charge in [0.1, 0.15) is 0 Å². The monoisotopic (exact) mass is 370 g/mol. The number of carbonyl (C=O) groups excluding carboxylic acids is 1. The number of esters is 1. The number of halogens is 3. The molecular weight excluding hydrogens is 349 g/mol. The van der Waals surface area contributed by atoms with E-state index in [-0.39, 0.29) is 18.0 Å². The molecule has 142 valence electrons. The highest BCUT2D eigenvalue weighted by Crippen LogP contribution is 2.34. The zero-order valence-corrected chi connectivity index (χ0v) is 14.5. The molecule has 0 saturated heterocycles. The Kier molecular flexibility index (Phi) is 5.38. The molecule has 0 amide bonds. The van der Waals surface area contributed by atoms with Gasteiger partial charge in [-0.3, -0.25) is 4.40 Å². The molecular formula is C18H21F3N2O3. The highest BCUT2D eigenvalue weighted by molar-refractivity contribution is 5.90. The summed E-state index contributed by atoms with van der Waals surface area (Å²) in [4.78, 5) is 15.7. The molecule has 5 nitrogen and oxygen atoms in total. The second-order valence-corrected chi connectivity index (χ2v) is 6.41. The number of ether oxygens (including phenoxy) is 2. The van der Waals surface area contributed by atoms with Crippen molar-refractivity contribution >= 4 is 11.6 Å². The standard InChI is InChI=1S/C18H21F3N2O3/c1-2-25-17(24)14-15(18(19,20)21)22-16-13(9-6-10-23(14)16)26-11-12-7-4-3-5-8-12/h6,9-10,12H,2-5,7-8,11H2,1H3. The average molecular weight is 370 g/mol. The van der Waals surface area contributed by atoms with Crippen molar-refractivity contribution in [3.05, 3.63) is 29.7 Å². The molecule has 1 aliphatic carbocycles. The molecule has 0 atom stereocenters. The van der Waals surface area contributed by atoms with Crippen molar-refractivity contribution in [3.8, 4) is 5.75 Å². The highest BCUT2D eigenvalue weighted by atomic mass is 19.4. The lowest BCUT2D eigenvalue weighted by molar-refractivity contribution is -0.141. The maximum Gasteiger partial charge on any atom is 0.435 e. The summed E-state index contributed by atoms with van der Waals surface area (Å²) in [6.07, 6.45) is 2.20. The van der Waals surface area contributed by atoms with E-state index in [2.05, 4.69) is 4.98 Å². The number of carbonyl (C=O) groups is 1. The van der Waals surface area contributed by atoms with Gasteiger partial charge in [0, 0.05) is 6.20 Å². The number of rotatable bonds is 5. The van der Waals surface area contributed by atoms with Crippen molar-refractivity contribution in [3.63, 3.8) is 0 Å². The van der Waals surface area contributed by atoms with Crippen molar-refractivity contribution in [2.24, 2.45) is 5.92 Å². The maximum absolute atomic E-state index is 13.4. The van der Waals surface area contributed by atoms with E-state index in [9.17, 15) is 18.0 Å². The van der Waals surface area contributed by atoms with Gasteiger partial charge in [-0.05, 0) is 37.8 Å². The van der Waals surface area contributed by atoms with Crippen molar-refractivity contribution in [1.29, 1.82) is 0 Å². The first-order valence-corrected chi connectivity index (χ1v) is 8.80. The van der Waals surface area contributed by atoms with Crippen molar-refractivity contribution in [2.75, 3.05) is 13.2 Å². The second-order valence-electron chi connectivity index (χ2n) is 6.41. The molecule has 0 bridgehead atoms. The topological polar surface area (TPSA) is 52.8 Å². The molecule has 3 rings (SSSR count). The van der Waals surface area contributed by atoms with E-state index in [0.717, 1.165) is 30.1 Å². The Bertz CT molecular complexity index is 780. The van der Waals surface area contributed by atoms with E-state index < -0.39 is 23.5 Å². The van der Waals surface area contributed by atoms with Crippen LogP contribution in [-0.4, -0.2) is 28.6 Å². The van der Waals surface area contributed by atoms with Crippen molar-refractivity contribution in [1.82, 2.24) is 9.38 Å². The molecule has 1 fully saturated rings. The van der Waals surface area contributed by atoms with Crippen LogP contribution in [-0.2, 0) is 10.9 Å². The van der Waals surface area contributed by atoms with E-state index in [1.165, 1.54) is 25.6 Å². The van der Waals surface area contributed by atoms with Crippen LogP contribution in [0.25, 0.3) is 5.65 Å². The number of hydrogen-bond acceptors (Lipinski definition) is 4. The number of fused-ring (bicyclic) bond motifs is 1. The lowest BCUT2D eigenvalue weighted by atomic mass is 9.90. The van der Waals surface area contributed by atoms with Gasteiger partial charge in [-0.15, -0.1) is 0 Å². The summed E-state index contributed by atoms with van der Waals surface area (Å²) < 4.78 is 51.8. The summed E-state index contributed by atoms with van der Waals surface area (Å²) >= 11 is 0. The van der Waals surface area contributed by atoms with Gasteiger partial charge >= 0.3 is 12.1 Å². The minimum absolute atomic E-state index is 0.0266. The predicted molar refractivity (Wildman–Crippen MR) is 88.2 cm³/mol. The molecule has 1 saturated carbocycles. The first-order chi connectivity index (χ1) is 12.4. The molecule has 8 heteroatoms. The molecule has 1 aliphatic rings. The first-order valence-electron chi connectivity index (χ1n) is 8.80. The van der Waals surface area contributed by atoms with Gasteiger partial charge in [-0.2, -0.15) is 13.2 Å². The van der Waals surface area contributed by atoms with Crippen LogP contribution in [0, 0.1) is 5.92 Å². The molecule has 0 aliphatic heterocycles. The van der Waals surface area contributed by atoms with Crippen molar-refractivity contribution in [2.45, 2.75) is 45.2 Å². The summed E-state index contributed by atoms with van der Waals surface area (Å²) in [5.41, 5.74) is -1.92. The van der Waals surface area contributed by atoms with Crippen molar-refractivity contribution < 1.29 is 27.4 Å². The molecule has 0 N–H and O–H groups in total. The Morgan fingerprint density at radius 2 is 2.04 bits per heavy atom. The molecule has 2 aromatic heterocycles. The average Bonchev–Trinajstić information content (AvgIpc) is 3.01. The molecule has 26 heavy (non-hydrogen) atoms. The minimum Gasteiger partial charge on any atom is -0.489 e. The third-order valence-corrected chi connectivity index (χ3v) is 4.55. The number of aromatic nitrogens is 2. The van der Waals surface area contributed by atoms with Gasteiger partial charge in [-0.25, -0.2) is 9.78 Å². The van der Waals surface area contributed by atoms with Crippen LogP contribution in [0.4, 0.5) is 13.2 Å². The summed E-state index contributed by atoms with van der Waals surface area (Å²) in [6, 6.07) is 3.11. The number of imidazole rings is 1. The van der Waals surface area contributed by atoms with Gasteiger partial charge < -0.3 is 9.47 Å². The Hall–Kier alpha value is -2.25. The second kappa shape index (κ2) is 7.55. The molecule has 0 aromatic carbocycles. The third-order valence-electron chi connectivity index (χ3n) is 4.55. The van der Waals surface area contributed by atoms with Gasteiger partial charge in [0.2, 0.25) is 0 Å². The zero-order valence-electron chi connectivity index (χ0n) is 14.5. The molecule has 2 heterocycles. The molecule has 0 spiro atoms. The number of nitrogens with zero attached hydrogens (tertiary/aromatic N) is 2. The van der Waals surface area contributed by atoms with Crippen LogP contribution >= 0.6 is 0 Å². The molecule has 0 radical (unpaired) electrons. The fraction of sp³-hybridized carbons (Fsp3) is 0.556. The van der Waals surface area contributed by atoms with Crippen LogP contribution < -0.4 is 4.74 Å². The highest BCUT2D eigenvalue weighted by Gasteiger charge is 2.41. The van der Waals surface area contributed by atoms with Crippen LogP contribution in [0.15, 0.2) is 18.3 Å². The maximum atomic E-state index is 13.4. The van der Waals surface area contributed by atoms with E-state index in [1.807, 2.05) is 0 Å². The first kappa shape index (κ1) is 18.5. The van der Waals surface area contributed by atoms with Gasteiger partial charge in [0.15, 0.2) is 22.8 Å². The van der Waals surface area contributed by atoms with E-state index in [1.54, 1.807) is 6.07 Å². The van der Waals surface area contributed by atoms with Crippen LogP contribution in [0.1, 0.15) is 55.2 Å². The lowest BCUT2D eigenvalue weighted by Gasteiger charge is -2.21. The Morgan fingerprint density at radius 1 is 1.31 bits per heavy atom. The molecule has 0 unspecified atom stereocenters.